The fraction of sp³-hybridized carbons (Fsp3) is 0.857. The Kier molecular flexibility index (Phi) is 7.12. The van der Waals surface area contributed by atoms with Crippen molar-refractivity contribution in [3.05, 3.63) is 17.0 Å². The van der Waals surface area contributed by atoms with Crippen LogP contribution in [0.25, 0.3) is 0 Å². The Morgan fingerprint density at radius 1 is 1.12 bits per heavy atom. The highest BCUT2D eigenvalue weighted by Gasteiger charge is 2.29. The third-order valence-corrected chi connectivity index (χ3v) is 6.58. The van der Waals surface area contributed by atoms with Gasteiger partial charge in [-0.1, -0.05) is 19.3 Å². The van der Waals surface area contributed by atoms with E-state index in [2.05, 4.69) is 40.4 Å². The van der Waals surface area contributed by atoms with Gasteiger partial charge in [-0.05, 0) is 46.0 Å². The predicted molar refractivity (Wildman–Crippen MR) is 106 cm³/mol. The topological polar surface area (TPSA) is 44.5 Å². The van der Waals surface area contributed by atoms with E-state index in [1.165, 1.54) is 55.6 Å². The average molecular weight is 363 g/mol. The number of hydrogen-bond donors (Lipinski definition) is 1. The lowest BCUT2D eigenvalue weighted by molar-refractivity contribution is 0.0399. The third kappa shape index (κ3) is 4.68. The molecule has 2 aliphatic rings. The minimum Gasteiger partial charge on any atom is -0.396 e. The quantitative estimate of drug-likeness (QED) is 0.810. The van der Waals surface area contributed by atoms with Crippen molar-refractivity contribution in [1.29, 1.82) is 0 Å². The highest BCUT2D eigenvalue weighted by Crippen LogP contribution is 2.27. The van der Waals surface area contributed by atoms with Crippen molar-refractivity contribution < 1.29 is 5.11 Å². The molecule has 1 saturated heterocycles. The van der Waals surface area contributed by atoms with Gasteiger partial charge in [0.2, 0.25) is 0 Å². The van der Waals surface area contributed by atoms with Crippen LogP contribution in [0.4, 0.5) is 0 Å². The maximum absolute atomic E-state index is 9.58. The number of piperazine rings is 1. The standard InChI is InChI=1S/C21H38N4O/c1-4-25-18(3)21(17(2)22-25)16-23-11-12-24(20(15-23)10-13-26)14-19-8-6-5-7-9-19/h19-20,26H,4-16H2,1-3H3. The molecule has 1 saturated carbocycles. The van der Waals surface area contributed by atoms with Crippen LogP contribution in [-0.4, -0.2) is 63.5 Å². The molecule has 0 aromatic carbocycles. The highest BCUT2D eigenvalue weighted by molar-refractivity contribution is 5.24. The van der Waals surface area contributed by atoms with Crippen LogP contribution in [0, 0.1) is 19.8 Å². The lowest BCUT2D eigenvalue weighted by atomic mass is 9.88. The number of aliphatic hydroxyl groups is 1. The van der Waals surface area contributed by atoms with Gasteiger partial charge in [0.25, 0.3) is 0 Å². The zero-order chi connectivity index (χ0) is 18.5. The largest absolute Gasteiger partial charge is 0.396 e. The molecule has 0 radical (unpaired) electrons. The molecule has 0 bridgehead atoms. The molecule has 1 aromatic heterocycles. The summed E-state index contributed by atoms with van der Waals surface area (Å²) in [5.74, 6) is 0.878. The van der Waals surface area contributed by atoms with E-state index in [0.717, 1.165) is 45.1 Å². The maximum atomic E-state index is 9.58. The molecule has 2 fully saturated rings. The van der Waals surface area contributed by atoms with E-state index < -0.39 is 0 Å². The SMILES string of the molecule is CCn1nc(C)c(CN2CCN(CC3CCCCC3)C(CCO)C2)c1C. The number of aryl methyl sites for hydroxylation is 2. The lowest BCUT2D eigenvalue weighted by Gasteiger charge is -2.43. The Labute approximate surface area is 159 Å². The molecule has 1 unspecified atom stereocenters. The fourth-order valence-corrected chi connectivity index (χ4v) is 4.96. The van der Waals surface area contributed by atoms with Crippen LogP contribution >= 0.6 is 0 Å². The molecular formula is C21H38N4O. The van der Waals surface area contributed by atoms with E-state index in [1.807, 2.05) is 0 Å². The molecule has 3 rings (SSSR count). The molecular weight excluding hydrogens is 324 g/mol. The molecule has 1 atom stereocenters. The van der Waals surface area contributed by atoms with Gasteiger partial charge >= 0.3 is 0 Å². The molecule has 5 nitrogen and oxygen atoms in total. The second kappa shape index (κ2) is 9.34. The molecule has 1 aromatic rings. The van der Waals surface area contributed by atoms with E-state index in [4.69, 9.17) is 0 Å². The summed E-state index contributed by atoms with van der Waals surface area (Å²) >= 11 is 0. The van der Waals surface area contributed by atoms with Crippen molar-refractivity contribution in [2.45, 2.75) is 78.4 Å². The second-order valence-electron chi connectivity index (χ2n) is 8.37. The zero-order valence-corrected chi connectivity index (χ0v) is 17.1. The molecule has 26 heavy (non-hydrogen) atoms. The van der Waals surface area contributed by atoms with Crippen molar-refractivity contribution >= 4 is 0 Å². The first-order chi connectivity index (χ1) is 12.6. The van der Waals surface area contributed by atoms with Crippen molar-refractivity contribution in [3.63, 3.8) is 0 Å². The minimum absolute atomic E-state index is 0.297. The summed E-state index contributed by atoms with van der Waals surface area (Å²) in [5, 5.41) is 14.3. The Balaban J connectivity index is 1.61. The van der Waals surface area contributed by atoms with Crippen LogP contribution < -0.4 is 0 Å². The van der Waals surface area contributed by atoms with Gasteiger partial charge in [0.05, 0.1) is 5.69 Å². The van der Waals surface area contributed by atoms with E-state index in [-0.39, 0.29) is 0 Å². The van der Waals surface area contributed by atoms with Gasteiger partial charge in [0, 0.05) is 63.2 Å². The van der Waals surface area contributed by atoms with Crippen LogP contribution in [0.5, 0.6) is 0 Å². The summed E-state index contributed by atoms with van der Waals surface area (Å²) in [7, 11) is 0. The van der Waals surface area contributed by atoms with Gasteiger partial charge in [-0.15, -0.1) is 0 Å². The highest BCUT2D eigenvalue weighted by atomic mass is 16.3. The number of aliphatic hydroxyl groups excluding tert-OH is 1. The van der Waals surface area contributed by atoms with Crippen molar-refractivity contribution in [1.82, 2.24) is 19.6 Å². The van der Waals surface area contributed by atoms with E-state index in [1.54, 1.807) is 0 Å². The molecule has 1 aliphatic carbocycles. The third-order valence-electron chi connectivity index (χ3n) is 6.58. The molecule has 148 valence electrons. The van der Waals surface area contributed by atoms with E-state index in [9.17, 15) is 5.11 Å². The van der Waals surface area contributed by atoms with Gasteiger partial charge in [-0.3, -0.25) is 14.5 Å². The van der Waals surface area contributed by atoms with Crippen LogP contribution in [0.2, 0.25) is 0 Å². The summed E-state index contributed by atoms with van der Waals surface area (Å²) < 4.78 is 2.12. The number of aromatic nitrogens is 2. The summed E-state index contributed by atoms with van der Waals surface area (Å²) in [6, 6.07) is 0.498. The smallest absolute Gasteiger partial charge is 0.0641 e. The molecule has 1 N–H and O–H groups in total. The first kappa shape index (κ1) is 19.8. The van der Waals surface area contributed by atoms with Crippen molar-refractivity contribution in [2.24, 2.45) is 5.92 Å². The van der Waals surface area contributed by atoms with Gasteiger partial charge in [-0.25, -0.2) is 0 Å². The summed E-state index contributed by atoms with van der Waals surface area (Å²) in [5.41, 5.74) is 3.89. The average Bonchev–Trinajstić information content (AvgIpc) is 2.92. The predicted octanol–water partition coefficient (Wildman–Crippen LogP) is 2.97. The van der Waals surface area contributed by atoms with Crippen LogP contribution in [0.15, 0.2) is 0 Å². The number of nitrogens with zero attached hydrogens (tertiary/aromatic N) is 4. The molecule has 2 heterocycles. The number of rotatable bonds is 7. The fourth-order valence-electron chi connectivity index (χ4n) is 4.96. The lowest BCUT2D eigenvalue weighted by Crippen LogP contribution is -2.54. The van der Waals surface area contributed by atoms with Crippen LogP contribution in [-0.2, 0) is 13.1 Å². The minimum atomic E-state index is 0.297. The summed E-state index contributed by atoms with van der Waals surface area (Å²) in [6.45, 7) is 13.3. The number of hydrogen-bond acceptors (Lipinski definition) is 4. The maximum Gasteiger partial charge on any atom is 0.0641 e. The molecule has 1 aliphatic heterocycles. The zero-order valence-electron chi connectivity index (χ0n) is 17.1. The Hall–Kier alpha value is -0.910. The Morgan fingerprint density at radius 3 is 2.54 bits per heavy atom. The Morgan fingerprint density at radius 2 is 1.88 bits per heavy atom. The molecule has 5 heteroatoms. The normalized spacial score (nSPS) is 23.6. The van der Waals surface area contributed by atoms with Crippen molar-refractivity contribution in [3.8, 4) is 0 Å². The van der Waals surface area contributed by atoms with Crippen LogP contribution in [0.3, 0.4) is 0 Å². The van der Waals surface area contributed by atoms with Gasteiger partial charge in [0.1, 0.15) is 0 Å². The summed E-state index contributed by atoms with van der Waals surface area (Å²) in [4.78, 5) is 5.26. The summed E-state index contributed by atoms with van der Waals surface area (Å²) in [6.07, 6.45) is 7.95. The van der Waals surface area contributed by atoms with Gasteiger partial charge < -0.3 is 5.11 Å². The van der Waals surface area contributed by atoms with Gasteiger partial charge in [0.15, 0.2) is 0 Å². The monoisotopic (exact) mass is 362 g/mol. The van der Waals surface area contributed by atoms with E-state index >= 15 is 0 Å². The van der Waals surface area contributed by atoms with Crippen LogP contribution in [0.1, 0.15) is 62.4 Å². The first-order valence-electron chi connectivity index (χ1n) is 10.7. The van der Waals surface area contributed by atoms with E-state index in [0.29, 0.717) is 12.6 Å². The first-order valence-corrected chi connectivity index (χ1v) is 10.7. The van der Waals surface area contributed by atoms with Crippen molar-refractivity contribution in [2.75, 3.05) is 32.8 Å². The Bertz CT molecular complexity index is 565. The molecule has 0 amide bonds. The van der Waals surface area contributed by atoms with Gasteiger partial charge in [-0.2, -0.15) is 5.10 Å². The molecule has 0 spiro atoms. The second-order valence-corrected chi connectivity index (χ2v) is 8.37.